The van der Waals surface area contributed by atoms with Crippen molar-refractivity contribution >= 4 is 5.69 Å². The highest BCUT2D eigenvalue weighted by Gasteiger charge is 2.06. The Morgan fingerprint density at radius 1 is 1.00 bits per heavy atom. The number of ether oxygens (including phenoxy) is 1. The lowest BCUT2D eigenvalue weighted by Gasteiger charge is -2.10. The van der Waals surface area contributed by atoms with Crippen molar-refractivity contribution in [3.8, 4) is 16.9 Å². The van der Waals surface area contributed by atoms with Gasteiger partial charge in [0, 0.05) is 0 Å². The van der Waals surface area contributed by atoms with Crippen LogP contribution in [0.2, 0.25) is 0 Å². The van der Waals surface area contributed by atoms with Gasteiger partial charge in [-0.05, 0) is 35.7 Å². The van der Waals surface area contributed by atoms with Gasteiger partial charge in [0.05, 0.1) is 12.8 Å². The SMILES string of the molecule is COc1cc(-c2ccccc2)cc(C)c1N. The van der Waals surface area contributed by atoms with Crippen molar-refractivity contribution in [3.63, 3.8) is 0 Å². The van der Waals surface area contributed by atoms with Crippen molar-refractivity contribution in [2.45, 2.75) is 6.92 Å². The van der Waals surface area contributed by atoms with Gasteiger partial charge >= 0.3 is 0 Å². The Balaban J connectivity index is 2.55. The smallest absolute Gasteiger partial charge is 0.142 e. The molecule has 0 aliphatic rings. The molecule has 0 aromatic heterocycles. The van der Waals surface area contributed by atoms with E-state index in [0.717, 1.165) is 16.9 Å². The summed E-state index contributed by atoms with van der Waals surface area (Å²) >= 11 is 0. The summed E-state index contributed by atoms with van der Waals surface area (Å²) in [5.74, 6) is 0.735. The molecule has 16 heavy (non-hydrogen) atoms. The zero-order valence-corrected chi connectivity index (χ0v) is 9.53. The van der Waals surface area contributed by atoms with Crippen LogP contribution in [0.4, 0.5) is 5.69 Å². The fourth-order valence-corrected chi connectivity index (χ4v) is 1.73. The second-order valence-electron chi connectivity index (χ2n) is 3.78. The lowest BCUT2D eigenvalue weighted by atomic mass is 10.0. The highest BCUT2D eigenvalue weighted by molar-refractivity contribution is 5.72. The average Bonchev–Trinajstić information content (AvgIpc) is 2.33. The molecule has 2 N–H and O–H groups in total. The molecule has 82 valence electrons. The van der Waals surface area contributed by atoms with Crippen molar-refractivity contribution in [1.29, 1.82) is 0 Å². The second-order valence-corrected chi connectivity index (χ2v) is 3.78. The summed E-state index contributed by atoms with van der Waals surface area (Å²) in [5.41, 5.74) is 9.96. The molecule has 2 heteroatoms. The number of aryl methyl sites for hydroxylation is 1. The Labute approximate surface area is 95.7 Å². The van der Waals surface area contributed by atoms with Gasteiger partial charge in [-0.2, -0.15) is 0 Å². The fourth-order valence-electron chi connectivity index (χ4n) is 1.73. The van der Waals surface area contributed by atoms with Crippen LogP contribution in [0, 0.1) is 6.92 Å². The van der Waals surface area contributed by atoms with Gasteiger partial charge in [0.15, 0.2) is 0 Å². The topological polar surface area (TPSA) is 35.2 Å². The molecular weight excluding hydrogens is 198 g/mol. The Hall–Kier alpha value is -1.96. The monoisotopic (exact) mass is 213 g/mol. The predicted octanol–water partition coefficient (Wildman–Crippen LogP) is 3.25. The summed E-state index contributed by atoms with van der Waals surface area (Å²) in [6, 6.07) is 14.2. The Kier molecular flexibility index (Phi) is 2.82. The van der Waals surface area contributed by atoms with E-state index in [2.05, 4.69) is 18.2 Å². The number of methoxy groups -OCH3 is 1. The molecule has 0 heterocycles. The first-order valence-electron chi connectivity index (χ1n) is 5.22. The molecule has 0 saturated carbocycles. The number of nitrogen functional groups attached to an aromatic ring is 1. The van der Waals surface area contributed by atoms with E-state index in [1.165, 1.54) is 5.56 Å². The van der Waals surface area contributed by atoms with Gasteiger partial charge in [0.25, 0.3) is 0 Å². The minimum absolute atomic E-state index is 0.710. The second kappa shape index (κ2) is 4.27. The molecule has 2 aromatic carbocycles. The van der Waals surface area contributed by atoms with Crippen molar-refractivity contribution in [2.75, 3.05) is 12.8 Å². The summed E-state index contributed by atoms with van der Waals surface area (Å²) in [6.45, 7) is 1.99. The van der Waals surface area contributed by atoms with E-state index in [0.29, 0.717) is 5.69 Å². The lowest BCUT2D eigenvalue weighted by molar-refractivity contribution is 0.417. The Morgan fingerprint density at radius 3 is 2.31 bits per heavy atom. The molecule has 0 saturated heterocycles. The van der Waals surface area contributed by atoms with E-state index in [-0.39, 0.29) is 0 Å². The van der Waals surface area contributed by atoms with Crippen molar-refractivity contribution in [3.05, 3.63) is 48.0 Å². The summed E-state index contributed by atoms with van der Waals surface area (Å²) in [6.07, 6.45) is 0. The predicted molar refractivity (Wildman–Crippen MR) is 67.6 cm³/mol. The normalized spacial score (nSPS) is 10.1. The van der Waals surface area contributed by atoms with Gasteiger partial charge in [-0.15, -0.1) is 0 Å². The number of anilines is 1. The molecule has 0 amide bonds. The number of rotatable bonds is 2. The zero-order chi connectivity index (χ0) is 11.5. The van der Waals surface area contributed by atoms with Crippen LogP contribution in [-0.4, -0.2) is 7.11 Å². The third-order valence-electron chi connectivity index (χ3n) is 2.68. The van der Waals surface area contributed by atoms with Gasteiger partial charge in [-0.25, -0.2) is 0 Å². The maximum Gasteiger partial charge on any atom is 0.142 e. The van der Waals surface area contributed by atoms with Crippen LogP contribution in [0.15, 0.2) is 42.5 Å². The molecule has 0 aliphatic carbocycles. The van der Waals surface area contributed by atoms with E-state index < -0.39 is 0 Å². The van der Waals surface area contributed by atoms with Crippen LogP contribution in [0.3, 0.4) is 0 Å². The summed E-state index contributed by atoms with van der Waals surface area (Å²) in [7, 11) is 1.64. The molecule has 0 fully saturated rings. The van der Waals surface area contributed by atoms with E-state index in [1.54, 1.807) is 7.11 Å². The van der Waals surface area contributed by atoms with Crippen molar-refractivity contribution in [1.82, 2.24) is 0 Å². The first kappa shape index (κ1) is 10.6. The van der Waals surface area contributed by atoms with Crippen molar-refractivity contribution in [2.24, 2.45) is 0 Å². The molecular formula is C14H15NO. The first-order chi connectivity index (χ1) is 7.72. The molecule has 2 rings (SSSR count). The minimum Gasteiger partial charge on any atom is -0.495 e. The Bertz CT molecular complexity index is 492. The quantitative estimate of drug-likeness (QED) is 0.777. The molecule has 0 aliphatic heterocycles. The molecule has 2 nitrogen and oxygen atoms in total. The third kappa shape index (κ3) is 1.87. The van der Waals surface area contributed by atoms with Crippen LogP contribution in [0.1, 0.15) is 5.56 Å². The van der Waals surface area contributed by atoms with E-state index in [4.69, 9.17) is 10.5 Å². The Morgan fingerprint density at radius 2 is 1.69 bits per heavy atom. The van der Waals surface area contributed by atoms with Gasteiger partial charge in [-0.1, -0.05) is 30.3 Å². The fraction of sp³-hybridized carbons (Fsp3) is 0.143. The molecule has 0 spiro atoms. The zero-order valence-electron chi connectivity index (χ0n) is 9.53. The summed E-state index contributed by atoms with van der Waals surface area (Å²) in [4.78, 5) is 0. The highest BCUT2D eigenvalue weighted by Crippen LogP contribution is 2.31. The van der Waals surface area contributed by atoms with Crippen LogP contribution < -0.4 is 10.5 Å². The summed E-state index contributed by atoms with van der Waals surface area (Å²) in [5, 5.41) is 0. The maximum atomic E-state index is 5.92. The molecule has 0 radical (unpaired) electrons. The van der Waals surface area contributed by atoms with Gasteiger partial charge in [0.2, 0.25) is 0 Å². The number of nitrogens with two attached hydrogens (primary N) is 1. The maximum absolute atomic E-state index is 5.92. The highest BCUT2D eigenvalue weighted by atomic mass is 16.5. The minimum atomic E-state index is 0.710. The standard InChI is InChI=1S/C14H15NO/c1-10-8-12(9-13(16-2)14(10)15)11-6-4-3-5-7-11/h3-9H,15H2,1-2H3. The molecule has 0 bridgehead atoms. The van der Waals surface area contributed by atoms with Crippen LogP contribution in [0.25, 0.3) is 11.1 Å². The molecule has 0 unspecified atom stereocenters. The lowest BCUT2D eigenvalue weighted by Crippen LogP contribution is -1.96. The van der Waals surface area contributed by atoms with Crippen LogP contribution >= 0.6 is 0 Å². The van der Waals surface area contributed by atoms with Gasteiger partial charge < -0.3 is 10.5 Å². The van der Waals surface area contributed by atoms with Crippen LogP contribution in [-0.2, 0) is 0 Å². The molecule has 2 aromatic rings. The van der Waals surface area contributed by atoms with Gasteiger partial charge in [0.1, 0.15) is 5.75 Å². The first-order valence-corrected chi connectivity index (χ1v) is 5.22. The average molecular weight is 213 g/mol. The van der Waals surface area contributed by atoms with Crippen molar-refractivity contribution < 1.29 is 4.74 Å². The number of benzene rings is 2. The number of hydrogen-bond acceptors (Lipinski definition) is 2. The van der Waals surface area contributed by atoms with E-state index >= 15 is 0 Å². The molecule has 0 atom stereocenters. The summed E-state index contributed by atoms with van der Waals surface area (Å²) < 4.78 is 5.26. The largest absolute Gasteiger partial charge is 0.495 e. The van der Waals surface area contributed by atoms with E-state index in [9.17, 15) is 0 Å². The third-order valence-corrected chi connectivity index (χ3v) is 2.68. The van der Waals surface area contributed by atoms with Gasteiger partial charge in [-0.3, -0.25) is 0 Å². The number of hydrogen-bond donors (Lipinski definition) is 1. The van der Waals surface area contributed by atoms with Crippen LogP contribution in [0.5, 0.6) is 5.75 Å². The van der Waals surface area contributed by atoms with E-state index in [1.807, 2.05) is 31.2 Å².